The van der Waals surface area contributed by atoms with Gasteiger partial charge in [-0.2, -0.15) is 0 Å². The zero-order valence-corrected chi connectivity index (χ0v) is 22.0. The number of aromatic nitrogens is 1. The quantitative estimate of drug-likeness (QED) is 0.266. The van der Waals surface area contributed by atoms with Gasteiger partial charge in [-0.05, 0) is 74.4 Å². The van der Waals surface area contributed by atoms with Gasteiger partial charge >= 0.3 is 0 Å². The van der Waals surface area contributed by atoms with E-state index < -0.39 is 0 Å². The number of para-hydroxylation sites is 1. The van der Waals surface area contributed by atoms with E-state index in [2.05, 4.69) is 107 Å². The topological polar surface area (TPSA) is 37.3 Å². The largest absolute Gasteiger partial charge is 0.355 e. The van der Waals surface area contributed by atoms with Crippen LogP contribution in [0.3, 0.4) is 0 Å². The molecule has 1 fully saturated rings. The third-order valence-electron chi connectivity index (χ3n) is 7.74. The van der Waals surface area contributed by atoms with Crippen LogP contribution < -0.4 is 5.32 Å². The minimum absolute atomic E-state index is 0.160. The highest BCUT2D eigenvalue weighted by Gasteiger charge is 2.21. The summed E-state index contributed by atoms with van der Waals surface area (Å²) in [6.07, 6.45) is 7.29. The summed E-state index contributed by atoms with van der Waals surface area (Å²) >= 11 is 0. The average Bonchev–Trinajstić information content (AvgIpc) is 3.57. The molecule has 2 heterocycles. The van der Waals surface area contributed by atoms with Crippen LogP contribution in [0.1, 0.15) is 53.9 Å². The number of likely N-dealkylation sites (tertiary alicyclic amines) is 1. The number of amides is 1. The van der Waals surface area contributed by atoms with E-state index in [1.165, 1.54) is 46.0 Å². The second-order valence-corrected chi connectivity index (χ2v) is 10.5. The second kappa shape index (κ2) is 12.2. The number of aryl methyl sites for hydroxylation is 2. The van der Waals surface area contributed by atoms with Gasteiger partial charge in [0.15, 0.2) is 0 Å². The number of fused-ring (bicyclic) bond motifs is 1. The highest BCUT2D eigenvalue weighted by Crippen LogP contribution is 2.33. The first-order chi connectivity index (χ1) is 18.2. The number of nitrogens with zero attached hydrogens (tertiary/aromatic N) is 2. The summed E-state index contributed by atoms with van der Waals surface area (Å²) in [5, 5.41) is 4.48. The molecule has 0 unspecified atom stereocenters. The molecule has 1 aromatic heterocycles. The summed E-state index contributed by atoms with van der Waals surface area (Å²) in [7, 11) is 0. The number of hydrogen-bond acceptors (Lipinski definition) is 2. The molecule has 1 atom stereocenters. The molecule has 4 heteroatoms. The third kappa shape index (κ3) is 6.69. The molecule has 0 saturated carbocycles. The Morgan fingerprint density at radius 2 is 1.62 bits per heavy atom. The SMILES string of the molecule is Cc1ccc(Cn2cc([C@H](CCc3ccccc3)CC(=O)NCCN3CCCC3)c3ccccc32)cc1. The molecule has 1 amide bonds. The van der Waals surface area contributed by atoms with Crippen molar-refractivity contribution in [2.45, 2.75) is 51.5 Å². The highest BCUT2D eigenvalue weighted by molar-refractivity contribution is 5.86. The molecular weight excluding hydrogens is 454 g/mol. The normalized spacial score (nSPS) is 14.7. The van der Waals surface area contributed by atoms with Gasteiger partial charge in [-0.1, -0.05) is 78.4 Å². The monoisotopic (exact) mass is 493 g/mol. The summed E-state index contributed by atoms with van der Waals surface area (Å²) in [5.41, 5.74) is 6.41. The van der Waals surface area contributed by atoms with E-state index in [0.29, 0.717) is 6.42 Å². The minimum Gasteiger partial charge on any atom is -0.355 e. The molecule has 1 aliphatic rings. The number of hydrogen-bond donors (Lipinski definition) is 1. The number of rotatable bonds is 11. The van der Waals surface area contributed by atoms with Crippen LogP contribution in [0, 0.1) is 6.92 Å². The molecule has 0 spiro atoms. The first kappa shape index (κ1) is 25.3. The van der Waals surface area contributed by atoms with Crippen LogP contribution >= 0.6 is 0 Å². The van der Waals surface area contributed by atoms with Gasteiger partial charge in [0, 0.05) is 43.2 Å². The Balaban J connectivity index is 1.37. The van der Waals surface area contributed by atoms with E-state index in [1.807, 2.05) is 0 Å². The first-order valence-corrected chi connectivity index (χ1v) is 13.8. The van der Waals surface area contributed by atoms with Crippen molar-refractivity contribution in [1.82, 2.24) is 14.8 Å². The van der Waals surface area contributed by atoms with Crippen LogP contribution in [0.2, 0.25) is 0 Å². The van der Waals surface area contributed by atoms with Crippen LogP contribution in [0.5, 0.6) is 0 Å². The molecule has 0 aliphatic carbocycles. The molecule has 4 nitrogen and oxygen atoms in total. The van der Waals surface area contributed by atoms with Crippen LogP contribution in [-0.4, -0.2) is 41.6 Å². The van der Waals surface area contributed by atoms with Crippen molar-refractivity contribution >= 4 is 16.8 Å². The van der Waals surface area contributed by atoms with Crippen molar-refractivity contribution < 1.29 is 4.79 Å². The predicted octanol–water partition coefficient (Wildman–Crippen LogP) is 6.32. The van der Waals surface area contributed by atoms with Crippen molar-refractivity contribution in [2.24, 2.45) is 0 Å². The van der Waals surface area contributed by atoms with Crippen molar-refractivity contribution in [2.75, 3.05) is 26.2 Å². The smallest absolute Gasteiger partial charge is 0.220 e. The summed E-state index contributed by atoms with van der Waals surface area (Å²) in [6, 6.07) is 28.1. The summed E-state index contributed by atoms with van der Waals surface area (Å²) in [4.78, 5) is 15.6. The van der Waals surface area contributed by atoms with Gasteiger partial charge in [-0.3, -0.25) is 4.79 Å². The van der Waals surface area contributed by atoms with Gasteiger partial charge < -0.3 is 14.8 Å². The lowest BCUT2D eigenvalue weighted by atomic mass is 9.89. The fraction of sp³-hybridized carbons (Fsp3) is 0.364. The summed E-state index contributed by atoms with van der Waals surface area (Å²) in [6.45, 7) is 6.97. The van der Waals surface area contributed by atoms with Gasteiger partial charge in [0.25, 0.3) is 0 Å². The van der Waals surface area contributed by atoms with Crippen LogP contribution in [-0.2, 0) is 17.8 Å². The molecule has 37 heavy (non-hydrogen) atoms. The van der Waals surface area contributed by atoms with E-state index in [9.17, 15) is 4.79 Å². The van der Waals surface area contributed by atoms with E-state index in [-0.39, 0.29) is 11.8 Å². The Bertz CT molecular complexity index is 1290. The summed E-state index contributed by atoms with van der Waals surface area (Å²) in [5.74, 6) is 0.323. The molecule has 4 aromatic rings. The van der Waals surface area contributed by atoms with Gasteiger partial charge in [-0.25, -0.2) is 0 Å². The van der Waals surface area contributed by atoms with Crippen molar-refractivity contribution in [3.05, 3.63) is 107 Å². The Morgan fingerprint density at radius 1 is 0.892 bits per heavy atom. The molecule has 1 aliphatic heterocycles. The molecule has 5 rings (SSSR count). The molecule has 0 radical (unpaired) electrons. The van der Waals surface area contributed by atoms with E-state index >= 15 is 0 Å². The predicted molar refractivity (Wildman–Crippen MR) is 153 cm³/mol. The number of benzene rings is 3. The summed E-state index contributed by atoms with van der Waals surface area (Å²) < 4.78 is 2.36. The Hall–Kier alpha value is -3.37. The van der Waals surface area contributed by atoms with E-state index in [4.69, 9.17) is 0 Å². The molecule has 0 bridgehead atoms. The lowest BCUT2D eigenvalue weighted by Gasteiger charge is -2.18. The second-order valence-electron chi connectivity index (χ2n) is 10.5. The van der Waals surface area contributed by atoms with Gasteiger partial charge in [0.2, 0.25) is 5.91 Å². The third-order valence-corrected chi connectivity index (χ3v) is 7.74. The Morgan fingerprint density at radius 3 is 2.41 bits per heavy atom. The number of carbonyl (C=O) groups is 1. The van der Waals surface area contributed by atoms with Gasteiger partial charge in [0.1, 0.15) is 0 Å². The molecular formula is C33H39N3O. The van der Waals surface area contributed by atoms with Crippen molar-refractivity contribution in [3.63, 3.8) is 0 Å². The Kier molecular flexibility index (Phi) is 8.37. The van der Waals surface area contributed by atoms with Crippen LogP contribution in [0.15, 0.2) is 85.1 Å². The average molecular weight is 494 g/mol. The van der Waals surface area contributed by atoms with E-state index in [1.54, 1.807) is 0 Å². The van der Waals surface area contributed by atoms with Gasteiger partial charge in [0.05, 0.1) is 0 Å². The standard InChI is InChI=1S/C33H39N3O/c1-26-13-15-28(16-14-26)24-36-25-31(30-11-5-6-12-32(30)36)29(18-17-27-9-3-2-4-10-27)23-33(37)34-19-22-35-20-7-8-21-35/h2-6,9-16,25,29H,7-8,17-24H2,1H3,(H,34,37)/t29-/m1/s1. The lowest BCUT2D eigenvalue weighted by molar-refractivity contribution is -0.121. The lowest BCUT2D eigenvalue weighted by Crippen LogP contribution is -2.34. The maximum atomic E-state index is 13.1. The molecule has 192 valence electrons. The van der Waals surface area contributed by atoms with E-state index in [0.717, 1.165) is 45.6 Å². The maximum Gasteiger partial charge on any atom is 0.220 e. The minimum atomic E-state index is 0.160. The fourth-order valence-electron chi connectivity index (χ4n) is 5.63. The molecule has 3 aromatic carbocycles. The fourth-order valence-corrected chi connectivity index (χ4v) is 5.63. The highest BCUT2D eigenvalue weighted by atomic mass is 16.1. The molecule has 1 saturated heterocycles. The first-order valence-electron chi connectivity index (χ1n) is 13.8. The zero-order chi connectivity index (χ0) is 25.5. The number of nitrogens with one attached hydrogen (secondary N) is 1. The van der Waals surface area contributed by atoms with Crippen LogP contribution in [0.4, 0.5) is 0 Å². The maximum absolute atomic E-state index is 13.1. The van der Waals surface area contributed by atoms with Gasteiger partial charge in [-0.15, -0.1) is 0 Å². The zero-order valence-electron chi connectivity index (χ0n) is 22.0. The Labute approximate surface area is 221 Å². The number of carbonyl (C=O) groups excluding carboxylic acids is 1. The van der Waals surface area contributed by atoms with Crippen molar-refractivity contribution in [1.29, 1.82) is 0 Å². The molecule has 1 N–H and O–H groups in total. The van der Waals surface area contributed by atoms with Crippen molar-refractivity contribution in [3.8, 4) is 0 Å². The van der Waals surface area contributed by atoms with Crippen LogP contribution in [0.25, 0.3) is 10.9 Å².